The normalized spacial score (nSPS) is 11.6. The van der Waals surface area contributed by atoms with Gasteiger partial charge in [0.2, 0.25) is 5.78 Å². The summed E-state index contributed by atoms with van der Waals surface area (Å²) in [5.74, 6) is -0.537. The van der Waals surface area contributed by atoms with E-state index < -0.39 is 12.1 Å². The predicted molar refractivity (Wildman–Crippen MR) is 100 cm³/mol. The number of hydrogen-bond acceptors (Lipinski definition) is 4. The quantitative estimate of drug-likeness (QED) is 0.523. The molecule has 0 fully saturated rings. The van der Waals surface area contributed by atoms with Gasteiger partial charge in [-0.2, -0.15) is 0 Å². The minimum absolute atomic E-state index is 0.151. The number of aryl methyl sites for hydroxylation is 2. The van der Waals surface area contributed by atoms with E-state index in [0.717, 1.165) is 16.8 Å². The highest BCUT2D eigenvalue weighted by Gasteiger charge is 2.24. The molecule has 0 aliphatic rings. The number of ketones is 1. The van der Waals surface area contributed by atoms with E-state index >= 15 is 0 Å². The van der Waals surface area contributed by atoms with Gasteiger partial charge in [-0.3, -0.25) is 9.59 Å². The second-order valence-electron chi connectivity index (χ2n) is 6.08. The topological polar surface area (TPSA) is 71.3 Å². The van der Waals surface area contributed by atoms with Crippen LogP contribution in [0.25, 0.3) is 0 Å². The van der Waals surface area contributed by atoms with Gasteiger partial charge in [0, 0.05) is 11.3 Å². The van der Waals surface area contributed by atoms with Crippen molar-refractivity contribution in [2.45, 2.75) is 20.0 Å². The Morgan fingerprint density at radius 3 is 2.38 bits per heavy atom. The average molecular weight is 348 g/mol. The highest BCUT2D eigenvalue weighted by Crippen LogP contribution is 2.18. The third-order valence-electron chi connectivity index (χ3n) is 4.02. The molecular weight excluding hydrogens is 328 g/mol. The number of nitrogens with one attached hydrogen (secondary N) is 2. The largest absolute Gasteiger partial charge is 0.459 e. The smallest absolute Gasteiger partial charge is 0.288 e. The molecule has 3 rings (SSSR count). The first kappa shape index (κ1) is 17.5. The third-order valence-corrected chi connectivity index (χ3v) is 4.02. The lowest BCUT2D eigenvalue weighted by atomic mass is 10.1. The molecule has 0 aliphatic carbocycles. The first-order valence-corrected chi connectivity index (χ1v) is 8.32. The van der Waals surface area contributed by atoms with Crippen LogP contribution in [0.3, 0.4) is 0 Å². The van der Waals surface area contributed by atoms with Crippen LogP contribution in [0.15, 0.2) is 71.3 Å². The standard InChI is InChI=1S/C21H20N2O3/c1-14-10-11-17(15(2)13-14)22-20(19(24)16-7-4-3-5-8-16)23-21(25)18-9-6-12-26-18/h3-13,20,22H,1-2H3,(H,23,25)/t20-/m1/s1. The molecule has 1 amide bonds. The van der Waals surface area contributed by atoms with Gasteiger partial charge >= 0.3 is 0 Å². The molecule has 0 aliphatic heterocycles. The van der Waals surface area contributed by atoms with Crippen molar-refractivity contribution >= 4 is 17.4 Å². The summed E-state index contributed by atoms with van der Waals surface area (Å²) in [5.41, 5.74) is 3.40. The van der Waals surface area contributed by atoms with E-state index in [1.807, 2.05) is 38.1 Å². The maximum Gasteiger partial charge on any atom is 0.288 e. The molecule has 0 spiro atoms. The summed E-state index contributed by atoms with van der Waals surface area (Å²) in [6.45, 7) is 3.95. The molecule has 2 N–H and O–H groups in total. The van der Waals surface area contributed by atoms with Crippen molar-refractivity contribution in [2.24, 2.45) is 0 Å². The summed E-state index contributed by atoms with van der Waals surface area (Å²) < 4.78 is 5.12. The molecule has 0 unspecified atom stereocenters. The second kappa shape index (κ2) is 7.70. The van der Waals surface area contributed by atoms with E-state index in [1.165, 1.54) is 6.26 Å². The van der Waals surface area contributed by atoms with Gasteiger partial charge in [0.15, 0.2) is 11.9 Å². The third kappa shape index (κ3) is 4.00. The maximum absolute atomic E-state index is 12.9. The zero-order valence-corrected chi connectivity index (χ0v) is 14.7. The number of rotatable bonds is 6. The van der Waals surface area contributed by atoms with Crippen LogP contribution in [0.5, 0.6) is 0 Å². The molecule has 132 valence electrons. The molecule has 1 heterocycles. The second-order valence-corrected chi connectivity index (χ2v) is 6.08. The van der Waals surface area contributed by atoms with Crippen molar-refractivity contribution in [1.82, 2.24) is 5.32 Å². The van der Waals surface area contributed by atoms with E-state index in [0.29, 0.717) is 5.56 Å². The SMILES string of the molecule is Cc1ccc(N[C@H](NC(=O)c2ccco2)C(=O)c2ccccc2)c(C)c1. The molecule has 26 heavy (non-hydrogen) atoms. The highest BCUT2D eigenvalue weighted by molar-refractivity contribution is 6.04. The fraction of sp³-hybridized carbons (Fsp3) is 0.143. The Hall–Kier alpha value is -3.34. The van der Waals surface area contributed by atoms with E-state index in [1.54, 1.807) is 36.4 Å². The van der Waals surface area contributed by atoms with Crippen LogP contribution in [0.1, 0.15) is 32.0 Å². The monoisotopic (exact) mass is 348 g/mol. The summed E-state index contributed by atoms with van der Waals surface area (Å²) in [4.78, 5) is 25.3. The molecule has 0 radical (unpaired) electrons. The summed E-state index contributed by atoms with van der Waals surface area (Å²) in [5, 5.41) is 5.86. The van der Waals surface area contributed by atoms with Gasteiger partial charge in [-0.1, -0.05) is 48.0 Å². The molecule has 0 saturated carbocycles. The first-order chi connectivity index (χ1) is 12.5. The number of Topliss-reactive ketones (excluding diaryl/α,β-unsaturated/α-hetero) is 1. The number of benzene rings is 2. The van der Waals surface area contributed by atoms with Crippen LogP contribution in [-0.2, 0) is 0 Å². The molecular formula is C21H20N2O3. The summed E-state index contributed by atoms with van der Waals surface area (Å²) in [6, 6.07) is 17.9. The van der Waals surface area contributed by atoms with Gasteiger partial charge in [0.05, 0.1) is 6.26 Å². The Morgan fingerprint density at radius 1 is 0.962 bits per heavy atom. The summed E-state index contributed by atoms with van der Waals surface area (Å²) in [6.07, 6.45) is 0.497. The Kier molecular flexibility index (Phi) is 5.17. The number of amides is 1. The van der Waals surface area contributed by atoms with Crippen LogP contribution in [0, 0.1) is 13.8 Å². The zero-order valence-electron chi connectivity index (χ0n) is 14.7. The zero-order chi connectivity index (χ0) is 18.5. The van der Waals surface area contributed by atoms with E-state index in [4.69, 9.17) is 4.42 Å². The maximum atomic E-state index is 12.9. The number of furan rings is 1. The molecule has 5 heteroatoms. The van der Waals surface area contributed by atoms with E-state index in [2.05, 4.69) is 10.6 Å². The van der Waals surface area contributed by atoms with Crippen LogP contribution in [-0.4, -0.2) is 17.9 Å². The predicted octanol–water partition coefficient (Wildman–Crippen LogP) is 3.95. The van der Waals surface area contributed by atoms with Gasteiger partial charge in [0.25, 0.3) is 5.91 Å². The van der Waals surface area contributed by atoms with Crippen molar-refractivity contribution in [3.05, 3.63) is 89.4 Å². The lowest BCUT2D eigenvalue weighted by Crippen LogP contribution is -2.46. The van der Waals surface area contributed by atoms with Gasteiger partial charge in [-0.05, 0) is 37.6 Å². The minimum atomic E-state index is -0.920. The molecule has 1 atom stereocenters. The summed E-state index contributed by atoms with van der Waals surface area (Å²) in [7, 11) is 0. The molecule has 0 bridgehead atoms. The minimum Gasteiger partial charge on any atom is -0.459 e. The molecule has 3 aromatic rings. The first-order valence-electron chi connectivity index (χ1n) is 8.32. The fourth-order valence-corrected chi connectivity index (χ4v) is 2.68. The van der Waals surface area contributed by atoms with Crippen molar-refractivity contribution in [3.8, 4) is 0 Å². The van der Waals surface area contributed by atoms with Crippen LogP contribution >= 0.6 is 0 Å². The van der Waals surface area contributed by atoms with Crippen molar-refractivity contribution in [1.29, 1.82) is 0 Å². The van der Waals surface area contributed by atoms with Crippen LogP contribution in [0.4, 0.5) is 5.69 Å². The highest BCUT2D eigenvalue weighted by atomic mass is 16.3. The Balaban J connectivity index is 1.87. The lowest BCUT2D eigenvalue weighted by molar-refractivity contribution is 0.0852. The number of carbonyl (C=O) groups is 2. The number of hydrogen-bond donors (Lipinski definition) is 2. The lowest BCUT2D eigenvalue weighted by Gasteiger charge is -2.21. The van der Waals surface area contributed by atoms with Gasteiger partial charge in [-0.15, -0.1) is 0 Å². The Labute approximate surface area is 152 Å². The van der Waals surface area contributed by atoms with Crippen LogP contribution in [0.2, 0.25) is 0 Å². The number of carbonyl (C=O) groups excluding carboxylic acids is 2. The number of anilines is 1. The van der Waals surface area contributed by atoms with Gasteiger partial charge in [-0.25, -0.2) is 0 Å². The van der Waals surface area contributed by atoms with Crippen LogP contribution < -0.4 is 10.6 Å². The van der Waals surface area contributed by atoms with Gasteiger partial charge < -0.3 is 15.1 Å². The van der Waals surface area contributed by atoms with E-state index in [-0.39, 0.29) is 11.5 Å². The summed E-state index contributed by atoms with van der Waals surface area (Å²) >= 11 is 0. The van der Waals surface area contributed by atoms with Gasteiger partial charge in [0.1, 0.15) is 0 Å². The van der Waals surface area contributed by atoms with Crippen molar-refractivity contribution < 1.29 is 14.0 Å². The van der Waals surface area contributed by atoms with Crippen molar-refractivity contribution in [3.63, 3.8) is 0 Å². The molecule has 5 nitrogen and oxygen atoms in total. The Morgan fingerprint density at radius 2 is 1.73 bits per heavy atom. The average Bonchev–Trinajstić information content (AvgIpc) is 3.18. The van der Waals surface area contributed by atoms with E-state index in [9.17, 15) is 9.59 Å². The van der Waals surface area contributed by atoms with Crippen molar-refractivity contribution in [2.75, 3.05) is 5.32 Å². The molecule has 0 saturated heterocycles. The fourth-order valence-electron chi connectivity index (χ4n) is 2.68. The Bertz CT molecular complexity index is 902. The molecule has 1 aromatic heterocycles. The molecule has 2 aromatic carbocycles.